The van der Waals surface area contributed by atoms with Crippen LogP contribution >= 0.6 is 11.6 Å². The second-order valence-electron chi connectivity index (χ2n) is 4.53. The minimum absolute atomic E-state index is 0.0145. The second kappa shape index (κ2) is 4.84. The van der Waals surface area contributed by atoms with Crippen LogP contribution in [0.5, 0.6) is 0 Å². The quantitative estimate of drug-likeness (QED) is 0.830. The molecule has 0 amide bonds. The number of hydrogen-bond donors (Lipinski definition) is 2. The summed E-state index contributed by atoms with van der Waals surface area (Å²) in [6, 6.07) is 4.40. The highest BCUT2D eigenvalue weighted by molar-refractivity contribution is 7.89. The molecule has 1 rings (SSSR count). The third kappa shape index (κ3) is 3.59. The molecule has 3 N–H and O–H groups in total. The Morgan fingerprint density at radius 2 is 2.00 bits per heavy atom. The Morgan fingerprint density at radius 3 is 2.53 bits per heavy atom. The lowest BCUT2D eigenvalue weighted by atomic mass is 10.0. The fourth-order valence-corrected chi connectivity index (χ4v) is 3.24. The van der Waals surface area contributed by atoms with Crippen LogP contribution in [-0.4, -0.2) is 14.0 Å². The molecule has 0 saturated carbocycles. The first-order valence-electron chi connectivity index (χ1n) is 5.27. The number of nitrogens with two attached hydrogens (primary N) is 1. The monoisotopic (exact) mass is 276 g/mol. The van der Waals surface area contributed by atoms with Crippen molar-refractivity contribution in [2.24, 2.45) is 0 Å². The molecule has 0 aromatic heterocycles. The Hall–Kier alpha value is -0.780. The number of halogens is 1. The summed E-state index contributed by atoms with van der Waals surface area (Å²) in [7, 11) is -3.65. The third-order valence-electron chi connectivity index (χ3n) is 2.54. The fourth-order valence-electron chi connectivity index (χ4n) is 1.22. The predicted octanol–water partition coefficient (Wildman–Crippen LogP) is 2.39. The van der Waals surface area contributed by atoms with Crippen molar-refractivity contribution < 1.29 is 8.42 Å². The van der Waals surface area contributed by atoms with Gasteiger partial charge >= 0.3 is 0 Å². The van der Waals surface area contributed by atoms with Crippen LogP contribution in [0.1, 0.15) is 27.2 Å². The minimum Gasteiger partial charge on any atom is -0.399 e. The van der Waals surface area contributed by atoms with E-state index in [4.69, 9.17) is 17.3 Å². The normalized spacial score (nSPS) is 12.7. The number of sulfonamides is 1. The zero-order chi connectivity index (χ0) is 13.3. The summed E-state index contributed by atoms with van der Waals surface area (Å²) in [6.07, 6.45) is 0.673. The van der Waals surface area contributed by atoms with Crippen molar-refractivity contribution in [3.63, 3.8) is 0 Å². The van der Waals surface area contributed by atoms with Crippen molar-refractivity contribution >= 4 is 27.3 Å². The largest absolute Gasteiger partial charge is 0.399 e. The summed E-state index contributed by atoms with van der Waals surface area (Å²) < 4.78 is 26.9. The Bertz CT molecular complexity index is 512. The van der Waals surface area contributed by atoms with Crippen molar-refractivity contribution in [1.29, 1.82) is 0 Å². The van der Waals surface area contributed by atoms with Crippen LogP contribution in [0.2, 0.25) is 5.02 Å². The fraction of sp³-hybridized carbons (Fsp3) is 0.455. The van der Waals surface area contributed by atoms with E-state index < -0.39 is 15.6 Å². The first-order valence-corrected chi connectivity index (χ1v) is 7.13. The molecule has 0 bridgehead atoms. The molecule has 0 unspecified atom stereocenters. The number of nitrogens with one attached hydrogen (secondary N) is 1. The zero-order valence-corrected chi connectivity index (χ0v) is 11.7. The maximum absolute atomic E-state index is 12.1. The predicted molar refractivity (Wildman–Crippen MR) is 70.6 cm³/mol. The highest BCUT2D eigenvalue weighted by Crippen LogP contribution is 2.25. The van der Waals surface area contributed by atoms with Gasteiger partial charge in [-0.1, -0.05) is 18.5 Å². The second-order valence-corrected chi connectivity index (χ2v) is 6.59. The van der Waals surface area contributed by atoms with E-state index in [1.165, 1.54) is 12.1 Å². The number of nitrogen functional groups attached to an aromatic ring is 1. The minimum atomic E-state index is -3.65. The Morgan fingerprint density at radius 1 is 1.41 bits per heavy atom. The van der Waals surface area contributed by atoms with Gasteiger partial charge in [0.15, 0.2) is 0 Å². The van der Waals surface area contributed by atoms with Gasteiger partial charge in [-0.05, 0) is 38.5 Å². The van der Waals surface area contributed by atoms with E-state index >= 15 is 0 Å². The van der Waals surface area contributed by atoms with Crippen molar-refractivity contribution in [2.45, 2.75) is 37.6 Å². The van der Waals surface area contributed by atoms with Gasteiger partial charge in [-0.2, -0.15) is 0 Å². The molecule has 0 heterocycles. The van der Waals surface area contributed by atoms with Crippen LogP contribution in [0.3, 0.4) is 0 Å². The summed E-state index contributed by atoms with van der Waals surface area (Å²) >= 11 is 5.88. The van der Waals surface area contributed by atoms with Crippen molar-refractivity contribution in [2.75, 3.05) is 5.73 Å². The van der Waals surface area contributed by atoms with E-state index in [9.17, 15) is 8.42 Å². The highest BCUT2D eigenvalue weighted by atomic mass is 35.5. The molecule has 0 spiro atoms. The maximum atomic E-state index is 12.1. The molecule has 0 fully saturated rings. The Kier molecular flexibility index (Phi) is 4.06. The van der Waals surface area contributed by atoms with Gasteiger partial charge in [0.25, 0.3) is 0 Å². The lowest BCUT2D eigenvalue weighted by Gasteiger charge is -2.24. The molecular formula is C11H17ClN2O2S. The molecule has 0 radical (unpaired) electrons. The number of hydrogen-bond acceptors (Lipinski definition) is 3. The molecular weight excluding hydrogens is 260 g/mol. The highest BCUT2D eigenvalue weighted by Gasteiger charge is 2.26. The summed E-state index contributed by atoms with van der Waals surface area (Å²) in [4.78, 5) is 0.0145. The Balaban J connectivity index is 3.18. The van der Waals surface area contributed by atoms with Gasteiger partial charge in [0.2, 0.25) is 10.0 Å². The van der Waals surface area contributed by atoms with E-state index in [1.54, 1.807) is 6.07 Å². The number of anilines is 1. The molecule has 4 nitrogen and oxygen atoms in total. The molecule has 0 aliphatic carbocycles. The van der Waals surface area contributed by atoms with Gasteiger partial charge < -0.3 is 5.73 Å². The third-order valence-corrected chi connectivity index (χ3v) is 4.72. The van der Waals surface area contributed by atoms with Crippen molar-refractivity contribution in [3.05, 3.63) is 23.2 Å². The number of rotatable bonds is 4. The Labute approximate surface area is 107 Å². The molecule has 1 aromatic rings. The van der Waals surface area contributed by atoms with E-state index in [2.05, 4.69) is 4.72 Å². The first kappa shape index (κ1) is 14.3. The SMILES string of the molecule is CCC(C)(C)NS(=O)(=O)c1cc(N)ccc1Cl. The molecule has 0 atom stereocenters. The van der Waals surface area contributed by atoms with Crippen LogP contribution in [0.4, 0.5) is 5.69 Å². The molecule has 1 aromatic carbocycles. The van der Waals surface area contributed by atoms with E-state index in [0.717, 1.165) is 0 Å². The standard InChI is InChI=1S/C11H17ClN2O2S/c1-4-11(2,3)14-17(15,16)10-7-8(13)5-6-9(10)12/h5-7,14H,4,13H2,1-3H3. The zero-order valence-electron chi connectivity index (χ0n) is 10.1. The van der Waals surface area contributed by atoms with Crippen LogP contribution in [-0.2, 0) is 10.0 Å². The summed E-state index contributed by atoms with van der Waals surface area (Å²) in [5, 5.41) is 0.165. The maximum Gasteiger partial charge on any atom is 0.242 e. The van der Waals surface area contributed by atoms with E-state index in [1.807, 2.05) is 20.8 Å². The lowest BCUT2D eigenvalue weighted by molar-refractivity contribution is 0.439. The summed E-state index contributed by atoms with van der Waals surface area (Å²) in [5.41, 5.74) is 5.41. The molecule has 0 saturated heterocycles. The molecule has 96 valence electrons. The van der Waals surface area contributed by atoms with Crippen LogP contribution < -0.4 is 10.5 Å². The summed E-state index contributed by atoms with van der Waals surface area (Å²) in [5.74, 6) is 0. The topological polar surface area (TPSA) is 72.2 Å². The number of benzene rings is 1. The van der Waals surface area contributed by atoms with Gasteiger partial charge in [0, 0.05) is 11.2 Å². The van der Waals surface area contributed by atoms with Gasteiger partial charge in [0.05, 0.1) is 5.02 Å². The molecule has 0 aliphatic rings. The first-order chi connectivity index (χ1) is 7.68. The van der Waals surface area contributed by atoms with Crippen molar-refractivity contribution in [1.82, 2.24) is 4.72 Å². The van der Waals surface area contributed by atoms with Crippen LogP contribution in [0.15, 0.2) is 23.1 Å². The van der Waals surface area contributed by atoms with Gasteiger partial charge in [-0.25, -0.2) is 13.1 Å². The van der Waals surface area contributed by atoms with Gasteiger partial charge in [-0.15, -0.1) is 0 Å². The average molecular weight is 277 g/mol. The average Bonchev–Trinajstić information content (AvgIpc) is 2.20. The smallest absolute Gasteiger partial charge is 0.242 e. The van der Waals surface area contributed by atoms with Gasteiger partial charge in [0.1, 0.15) is 4.90 Å². The van der Waals surface area contributed by atoms with E-state index in [0.29, 0.717) is 12.1 Å². The molecule has 17 heavy (non-hydrogen) atoms. The lowest BCUT2D eigenvalue weighted by Crippen LogP contribution is -2.42. The van der Waals surface area contributed by atoms with Gasteiger partial charge in [-0.3, -0.25) is 0 Å². The molecule has 0 aliphatic heterocycles. The van der Waals surface area contributed by atoms with E-state index in [-0.39, 0.29) is 9.92 Å². The molecule has 6 heteroatoms. The van der Waals surface area contributed by atoms with Crippen LogP contribution in [0.25, 0.3) is 0 Å². The van der Waals surface area contributed by atoms with Crippen LogP contribution in [0, 0.1) is 0 Å². The summed E-state index contributed by atoms with van der Waals surface area (Å²) in [6.45, 7) is 5.53. The van der Waals surface area contributed by atoms with Crippen molar-refractivity contribution in [3.8, 4) is 0 Å².